The number of halogens is 5. The van der Waals surface area contributed by atoms with Crippen molar-refractivity contribution in [3.05, 3.63) is 25.1 Å². The molecule has 0 saturated heterocycles. The second kappa shape index (κ2) is 6.21. The standard InChI is InChI=1S/C9H5Cl5O3/c1-16-3(15)2-17-9-7(13)5(11)4(10)6(12)8(9)14/h2H2,1H3. The maximum atomic E-state index is 10.9. The lowest BCUT2D eigenvalue weighted by Crippen LogP contribution is -2.13. The fourth-order valence-corrected chi connectivity index (χ4v) is 2.13. The van der Waals surface area contributed by atoms with Gasteiger partial charge in [-0.2, -0.15) is 0 Å². The lowest BCUT2D eigenvalue weighted by Gasteiger charge is -2.12. The van der Waals surface area contributed by atoms with Crippen molar-refractivity contribution >= 4 is 64.0 Å². The van der Waals surface area contributed by atoms with Crippen LogP contribution >= 0.6 is 58.0 Å². The van der Waals surface area contributed by atoms with Gasteiger partial charge in [-0.05, 0) is 0 Å². The highest BCUT2D eigenvalue weighted by molar-refractivity contribution is 6.55. The van der Waals surface area contributed by atoms with E-state index in [1.165, 1.54) is 7.11 Å². The molecule has 1 aromatic rings. The molecular formula is C9H5Cl5O3. The maximum absolute atomic E-state index is 10.9. The highest BCUT2D eigenvalue weighted by Gasteiger charge is 2.21. The van der Waals surface area contributed by atoms with Crippen molar-refractivity contribution in [2.75, 3.05) is 13.7 Å². The van der Waals surface area contributed by atoms with Gasteiger partial charge in [0, 0.05) is 0 Å². The Hall–Kier alpha value is -0.0600. The van der Waals surface area contributed by atoms with Gasteiger partial charge < -0.3 is 9.47 Å². The van der Waals surface area contributed by atoms with Crippen LogP contribution in [0.4, 0.5) is 0 Å². The molecule has 8 heteroatoms. The summed E-state index contributed by atoms with van der Waals surface area (Å²) in [5, 5.41) is -0.0103. The summed E-state index contributed by atoms with van der Waals surface area (Å²) in [4.78, 5) is 10.9. The first-order chi connectivity index (χ1) is 7.90. The van der Waals surface area contributed by atoms with E-state index in [9.17, 15) is 4.79 Å². The SMILES string of the molecule is COC(=O)COc1c(Cl)c(Cl)c(Cl)c(Cl)c1Cl. The van der Waals surface area contributed by atoms with E-state index < -0.39 is 5.97 Å². The molecule has 0 unspecified atom stereocenters. The molecular weight excluding hydrogens is 333 g/mol. The highest BCUT2D eigenvalue weighted by atomic mass is 35.5. The van der Waals surface area contributed by atoms with Crippen LogP contribution in [-0.2, 0) is 9.53 Å². The van der Waals surface area contributed by atoms with E-state index in [0.29, 0.717) is 0 Å². The van der Waals surface area contributed by atoms with Crippen LogP contribution in [0.15, 0.2) is 0 Å². The van der Waals surface area contributed by atoms with Crippen LogP contribution in [0.25, 0.3) is 0 Å². The smallest absolute Gasteiger partial charge is 0.343 e. The van der Waals surface area contributed by atoms with Gasteiger partial charge in [0.25, 0.3) is 0 Å². The second-order valence-electron chi connectivity index (χ2n) is 2.76. The normalized spacial score (nSPS) is 10.2. The summed E-state index contributed by atoms with van der Waals surface area (Å²) >= 11 is 29.1. The average molecular weight is 338 g/mol. The summed E-state index contributed by atoms with van der Waals surface area (Å²) in [5.74, 6) is -0.613. The Morgan fingerprint density at radius 3 is 1.76 bits per heavy atom. The molecule has 0 spiro atoms. The van der Waals surface area contributed by atoms with Crippen LogP contribution in [0.1, 0.15) is 0 Å². The number of ether oxygens (including phenoxy) is 2. The molecule has 0 fully saturated rings. The summed E-state index contributed by atoms with van der Waals surface area (Å²) in [5.41, 5.74) is 0. The zero-order chi connectivity index (χ0) is 13.2. The maximum Gasteiger partial charge on any atom is 0.343 e. The molecule has 1 rings (SSSR count). The number of methoxy groups -OCH3 is 1. The Bertz CT molecular complexity index is 431. The van der Waals surface area contributed by atoms with E-state index in [4.69, 9.17) is 62.7 Å². The zero-order valence-electron chi connectivity index (χ0n) is 8.32. The number of carbonyl (C=O) groups is 1. The van der Waals surface area contributed by atoms with Gasteiger partial charge in [-0.3, -0.25) is 0 Å². The molecule has 1 aromatic carbocycles. The average Bonchev–Trinajstić information content (AvgIpc) is 2.33. The van der Waals surface area contributed by atoms with Crippen molar-refractivity contribution in [3.63, 3.8) is 0 Å². The first-order valence-electron chi connectivity index (χ1n) is 4.11. The second-order valence-corrected chi connectivity index (χ2v) is 4.65. The molecule has 0 bridgehead atoms. The van der Waals surface area contributed by atoms with Crippen LogP contribution in [0.2, 0.25) is 25.1 Å². The first kappa shape index (κ1) is 15.0. The van der Waals surface area contributed by atoms with Crippen LogP contribution in [0, 0.1) is 0 Å². The van der Waals surface area contributed by atoms with E-state index in [2.05, 4.69) is 4.74 Å². The summed E-state index contributed by atoms with van der Waals surface area (Å²) in [7, 11) is 1.22. The van der Waals surface area contributed by atoms with Crippen molar-refractivity contribution in [2.24, 2.45) is 0 Å². The number of hydrogen-bond donors (Lipinski definition) is 0. The third-order valence-corrected chi connectivity index (χ3v) is 3.97. The molecule has 3 nitrogen and oxygen atoms in total. The van der Waals surface area contributed by atoms with Crippen LogP contribution < -0.4 is 4.74 Å². The highest BCUT2D eigenvalue weighted by Crippen LogP contribution is 2.48. The van der Waals surface area contributed by atoms with Crippen molar-refractivity contribution < 1.29 is 14.3 Å². The van der Waals surface area contributed by atoms with Crippen molar-refractivity contribution in [3.8, 4) is 5.75 Å². The van der Waals surface area contributed by atoms with Crippen molar-refractivity contribution in [1.82, 2.24) is 0 Å². The van der Waals surface area contributed by atoms with E-state index in [1.807, 2.05) is 0 Å². The Morgan fingerprint density at radius 2 is 1.35 bits per heavy atom. The molecule has 0 radical (unpaired) electrons. The van der Waals surface area contributed by atoms with Gasteiger partial charge in [0.05, 0.1) is 22.2 Å². The van der Waals surface area contributed by atoms with E-state index in [1.54, 1.807) is 0 Å². The number of rotatable bonds is 3. The molecule has 0 atom stereocenters. The van der Waals surface area contributed by atoms with Gasteiger partial charge in [-0.1, -0.05) is 58.0 Å². The van der Waals surface area contributed by atoms with Gasteiger partial charge in [0.1, 0.15) is 10.0 Å². The van der Waals surface area contributed by atoms with Gasteiger partial charge >= 0.3 is 5.97 Å². The molecule has 0 heterocycles. The summed E-state index contributed by atoms with van der Waals surface area (Å²) < 4.78 is 9.46. The van der Waals surface area contributed by atoms with Crippen LogP contribution in [0.5, 0.6) is 5.75 Å². The summed E-state index contributed by atoms with van der Waals surface area (Å²) in [6, 6.07) is 0. The molecule has 0 aliphatic carbocycles. The molecule has 0 aromatic heterocycles. The monoisotopic (exact) mass is 336 g/mol. The van der Waals surface area contributed by atoms with Gasteiger partial charge in [0.15, 0.2) is 12.4 Å². The molecule has 0 aliphatic heterocycles. The number of benzene rings is 1. The topological polar surface area (TPSA) is 35.5 Å². The predicted octanol–water partition coefficient (Wildman–Crippen LogP) is 4.51. The Labute approximate surface area is 122 Å². The largest absolute Gasteiger partial charge is 0.479 e. The minimum Gasteiger partial charge on any atom is -0.479 e. The minimum absolute atomic E-state index is 0.00241. The minimum atomic E-state index is -0.598. The Morgan fingerprint density at radius 1 is 0.941 bits per heavy atom. The van der Waals surface area contributed by atoms with Gasteiger partial charge in [0.2, 0.25) is 0 Å². The lowest BCUT2D eigenvalue weighted by molar-refractivity contribution is -0.142. The Balaban J connectivity index is 3.12. The summed E-state index contributed by atoms with van der Waals surface area (Å²) in [6.07, 6.45) is 0. The van der Waals surface area contributed by atoms with Crippen LogP contribution in [0.3, 0.4) is 0 Å². The predicted molar refractivity (Wildman–Crippen MR) is 69.0 cm³/mol. The fourth-order valence-electron chi connectivity index (χ4n) is 0.902. The van der Waals surface area contributed by atoms with E-state index in [-0.39, 0.29) is 37.5 Å². The molecule has 94 valence electrons. The van der Waals surface area contributed by atoms with Gasteiger partial charge in [-0.25, -0.2) is 4.79 Å². The van der Waals surface area contributed by atoms with Crippen molar-refractivity contribution in [2.45, 2.75) is 0 Å². The lowest BCUT2D eigenvalue weighted by atomic mass is 10.3. The van der Waals surface area contributed by atoms with Crippen LogP contribution in [-0.4, -0.2) is 19.7 Å². The van der Waals surface area contributed by atoms with E-state index in [0.717, 1.165) is 0 Å². The third kappa shape index (κ3) is 3.24. The fraction of sp³-hybridized carbons (Fsp3) is 0.222. The molecule has 0 saturated carbocycles. The van der Waals surface area contributed by atoms with Gasteiger partial charge in [-0.15, -0.1) is 0 Å². The Kier molecular flexibility index (Phi) is 5.48. The zero-order valence-corrected chi connectivity index (χ0v) is 12.1. The van der Waals surface area contributed by atoms with E-state index >= 15 is 0 Å². The number of carbonyl (C=O) groups excluding carboxylic acids is 1. The molecule has 0 amide bonds. The molecule has 0 N–H and O–H groups in total. The quantitative estimate of drug-likeness (QED) is 0.462. The summed E-state index contributed by atoms with van der Waals surface area (Å²) in [6.45, 7) is -0.371. The third-order valence-electron chi connectivity index (χ3n) is 1.73. The number of hydrogen-bond acceptors (Lipinski definition) is 3. The molecule has 0 aliphatic rings. The molecule has 17 heavy (non-hydrogen) atoms. The van der Waals surface area contributed by atoms with Crippen molar-refractivity contribution in [1.29, 1.82) is 0 Å². The number of esters is 1. The first-order valence-corrected chi connectivity index (χ1v) is 6.00.